The van der Waals surface area contributed by atoms with Crippen LogP contribution >= 0.6 is 0 Å². The standard InChI is InChI=1S/C36H59N11O10.C2H4O2/c1-20(2)27(32(53)47-28(21(3)4)33(54)56-5)46-31(52)25(15-16-26(48)49)44-29(50)23(13-9-17-41-34(37)38)43-30(51)24(14-10-18-42-35(39)40)45-36(55)57-19-22-11-7-6-8-12-22;1-2(3)4/h6-8,11-12,20-21,23-25,27-28H,9-10,13-19H2,1-5H3,(H,43,51)(H,44,50)(H,45,55)(H,46,52)(H,47,53)(H,48,49)(H4,37,38,41)(H4,39,40,42);1H3,(H,3,4). The van der Waals surface area contributed by atoms with E-state index in [1.807, 2.05) is 0 Å². The zero-order chi connectivity index (χ0) is 46.7. The van der Waals surface area contributed by atoms with E-state index in [0.29, 0.717) is 5.56 Å². The molecule has 5 atom stereocenters. The molecule has 1 aromatic carbocycles. The zero-order valence-electron chi connectivity index (χ0n) is 35.5. The summed E-state index contributed by atoms with van der Waals surface area (Å²) in [6.45, 7) is 7.83. The summed E-state index contributed by atoms with van der Waals surface area (Å²) in [5, 5.41) is 29.6. The first-order valence-electron chi connectivity index (χ1n) is 19.4. The number of carbonyl (C=O) groups is 8. The Labute approximate surface area is 354 Å². The van der Waals surface area contributed by atoms with Gasteiger partial charge >= 0.3 is 18.0 Å². The lowest BCUT2D eigenvalue weighted by Gasteiger charge is -2.28. The van der Waals surface area contributed by atoms with Crippen molar-refractivity contribution < 1.29 is 58.0 Å². The zero-order valence-corrected chi connectivity index (χ0v) is 35.5. The van der Waals surface area contributed by atoms with Crippen molar-refractivity contribution >= 4 is 59.5 Å². The van der Waals surface area contributed by atoms with E-state index in [2.05, 4.69) is 36.6 Å². The molecular weight excluding hydrogens is 802 g/mol. The topological polar surface area (TPSA) is 384 Å². The molecule has 5 unspecified atom stereocenters. The van der Waals surface area contributed by atoms with E-state index >= 15 is 0 Å². The van der Waals surface area contributed by atoms with Crippen LogP contribution in [0.2, 0.25) is 0 Å². The Hall–Kier alpha value is -6.68. The van der Waals surface area contributed by atoms with E-state index in [1.54, 1.807) is 58.0 Å². The fraction of sp³-hybridized carbons (Fsp3) is 0.579. The number of nitrogens with one attached hydrogen (secondary N) is 5. The molecule has 23 nitrogen and oxygen atoms in total. The van der Waals surface area contributed by atoms with E-state index in [1.165, 1.54) is 7.11 Å². The van der Waals surface area contributed by atoms with E-state index in [0.717, 1.165) is 6.92 Å². The molecule has 0 heterocycles. The van der Waals surface area contributed by atoms with Gasteiger partial charge in [0.1, 0.15) is 36.8 Å². The van der Waals surface area contributed by atoms with Gasteiger partial charge in [-0.2, -0.15) is 0 Å². The number of esters is 1. The Balaban J connectivity index is 0.00000858. The number of nitrogens with two attached hydrogens (primary N) is 4. The highest BCUT2D eigenvalue weighted by atomic mass is 16.5. The molecule has 0 fully saturated rings. The van der Waals surface area contributed by atoms with Crippen LogP contribution in [0, 0.1) is 11.8 Å². The van der Waals surface area contributed by atoms with E-state index in [-0.39, 0.29) is 63.2 Å². The lowest BCUT2D eigenvalue weighted by molar-refractivity contribution is -0.147. The molecule has 0 aromatic heterocycles. The van der Waals surface area contributed by atoms with Crippen molar-refractivity contribution in [3.05, 3.63) is 35.9 Å². The number of hydrogen-bond donors (Lipinski definition) is 11. The number of guanidine groups is 2. The number of alkyl carbamates (subject to hydrolysis) is 1. The van der Waals surface area contributed by atoms with Crippen molar-refractivity contribution in [1.82, 2.24) is 26.6 Å². The summed E-state index contributed by atoms with van der Waals surface area (Å²) in [4.78, 5) is 108. The molecule has 0 radical (unpaired) electrons. The van der Waals surface area contributed by atoms with Gasteiger partial charge < -0.3 is 69.2 Å². The maximum absolute atomic E-state index is 13.9. The highest BCUT2D eigenvalue weighted by molar-refractivity contribution is 5.96. The lowest BCUT2D eigenvalue weighted by atomic mass is 9.99. The number of carbonyl (C=O) groups excluding carboxylic acids is 6. The summed E-state index contributed by atoms with van der Waals surface area (Å²) in [6, 6.07) is 2.47. The second kappa shape index (κ2) is 29.5. The van der Waals surface area contributed by atoms with E-state index in [4.69, 9.17) is 42.3 Å². The molecule has 0 saturated carbocycles. The minimum atomic E-state index is -1.50. The second-order valence-corrected chi connectivity index (χ2v) is 14.2. The van der Waals surface area contributed by atoms with Crippen LogP contribution in [0.3, 0.4) is 0 Å². The second-order valence-electron chi connectivity index (χ2n) is 14.2. The number of ether oxygens (including phenoxy) is 2. The van der Waals surface area contributed by atoms with Gasteiger partial charge in [0.25, 0.3) is 5.97 Å². The third-order valence-electron chi connectivity index (χ3n) is 8.29. The molecule has 0 aliphatic carbocycles. The normalized spacial score (nSPS) is 12.9. The van der Waals surface area contributed by atoms with Crippen LogP contribution in [-0.2, 0) is 49.6 Å². The predicted octanol–water partition coefficient (Wildman–Crippen LogP) is -1.23. The Bertz CT molecular complexity index is 1650. The van der Waals surface area contributed by atoms with Crippen LogP contribution < -0.4 is 49.5 Å². The molecule has 0 saturated heterocycles. The number of benzene rings is 1. The van der Waals surface area contributed by atoms with E-state index < -0.39 is 96.6 Å². The fourth-order valence-electron chi connectivity index (χ4n) is 5.19. The Morgan fingerprint density at radius 2 is 1.07 bits per heavy atom. The third-order valence-corrected chi connectivity index (χ3v) is 8.29. The van der Waals surface area contributed by atoms with Crippen molar-refractivity contribution in [1.29, 1.82) is 0 Å². The number of hydrogen-bond acceptors (Lipinski definition) is 12. The van der Waals surface area contributed by atoms with Crippen LogP contribution in [0.1, 0.15) is 78.7 Å². The molecule has 23 heteroatoms. The van der Waals surface area contributed by atoms with Crippen LogP contribution in [0.4, 0.5) is 4.79 Å². The predicted molar refractivity (Wildman–Crippen MR) is 223 cm³/mol. The summed E-state index contributed by atoms with van der Waals surface area (Å²) in [7, 11) is 1.17. The number of rotatable bonds is 25. The minimum absolute atomic E-state index is 0.0152. The lowest BCUT2D eigenvalue weighted by Crippen LogP contribution is -2.60. The summed E-state index contributed by atoms with van der Waals surface area (Å²) < 4.78 is 10.1. The van der Waals surface area contributed by atoms with Gasteiger partial charge in [-0.25, -0.2) is 9.59 Å². The highest BCUT2D eigenvalue weighted by Gasteiger charge is 2.34. The smallest absolute Gasteiger partial charge is 0.408 e. The van der Waals surface area contributed by atoms with Crippen LogP contribution in [0.15, 0.2) is 40.3 Å². The molecule has 15 N–H and O–H groups in total. The van der Waals surface area contributed by atoms with Crippen LogP contribution in [0.5, 0.6) is 0 Å². The molecule has 342 valence electrons. The Morgan fingerprint density at radius 1 is 0.639 bits per heavy atom. The first kappa shape index (κ1) is 54.3. The van der Waals surface area contributed by atoms with Crippen molar-refractivity contribution in [2.75, 3.05) is 20.2 Å². The molecule has 0 aliphatic rings. The number of carboxylic acids is 2. The maximum Gasteiger partial charge on any atom is 0.408 e. The van der Waals surface area contributed by atoms with Gasteiger partial charge in [0.2, 0.25) is 23.6 Å². The quantitative estimate of drug-likeness (QED) is 0.0237. The van der Waals surface area contributed by atoms with Gasteiger partial charge in [-0.3, -0.25) is 38.8 Å². The fourth-order valence-corrected chi connectivity index (χ4v) is 5.19. The average molecular weight is 866 g/mol. The van der Waals surface area contributed by atoms with Crippen molar-refractivity contribution in [3.63, 3.8) is 0 Å². The number of aliphatic carboxylic acids is 2. The average Bonchev–Trinajstić information content (AvgIpc) is 3.17. The molecule has 0 spiro atoms. The first-order valence-corrected chi connectivity index (χ1v) is 19.4. The van der Waals surface area contributed by atoms with Gasteiger partial charge in [0, 0.05) is 26.4 Å². The van der Waals surface area contributed by atoms with Crippen LogP contribution in [0.25, 0.3) is 0 Å². The summed E-state index contributed by atoms with van der Waals surface area (Å²) >= 11 is 0. The molecule has 0 bridgehead atoms. The highest BCUT2D eigenvalue weighted by Crippen LogP contribution is 2.11. The largest absolute Gasteiger partial charge is 0.481 e. The number of carboxylic acid groups (broad SMARTS) is 2. The molecular formula is C38H63N11O12. The number of amides is 5. The molecule has 0 aliphatic heterocycles. The Morgan fingerprint density at radius 3 is 1.49 bits per heavy atom. The van der Waals surface area contributed by atoms with Crippen molar-refractivity contribution in [3.8, 4) is 0 Å². The van der Waals surface area contributed by atoms with Gasteiger partial charge in [-0.1, -0.05) is 58.0 Å². The maximum atomic E-state index is 13.9. The SMILES string of the molecule is CC(=O)O.COC(=O)C(NC(=O)C(NC(=O)C(CCC(=O)O)NC(=O)C(CCCN=C(N)N)NC(=O)C(CCCN=C(N)N)NC(=O)OCc1ccccc1)C(C)C)C(C)C. The van der Waals surface area contributed by atoms with Gasteiger partial charge in [0.15, 0.2) is 11.9 Å². The summed E-state index contributed by atoms with van der Waals surface area (Å²) in [6.07, 6.45) is -1.53. The van der Waals surface area contributed by atoms with Gasteiger partial charge in [-0.05, 0) is 49.5 Å². The van der Waals surface area contributed by atoms with Gasteiger partial charge in [-0.15, -0.1) is 0 Å². The van der Waals surface area contributed by atoms with Gasteiger partial charge in [0.05, 0.1) is 7.11 Å². The molecule has 61 heavy (non-hydrogen) atoms. The van der Waals surface area contributed by atoms with Crippen molar-refractivity contribution in [2.45, 2.75) is 110 Å². The third kappa shape index (κ3) is 24.8. The number of aliphatic imine (C=N–C) groups is 2. The van der Waals surface area contributed by atoms with Crippen LogP contribution in [-0.4, -0.2) is 120 Å². The number of nitrogens with zero attached hydrogens (tertiary/aromatic N) is 2. The summed E-state index contributed by atoms with van der Waals surface area (Å²) in [5.41, 5.74) is 22.4. The minimum Gasteiger partial charge on any atom is -0.481 e. The first-order chi connectivity index (χ1) is 28.6. The monoisotopic (exact) mass is 865 g/mol. The molecule has 1 aromatic rings. The summed E-state index contributed by atoms with van der Waals surface area (Å²) in [5.74, 6) is -7.36. The Kier molecular flexibility index (Phi) is 26.3. The van der Waals surface area contributed by atoms with E-state index in [9.17, 15) is 38.7 Å². The molecule has 1 rings (SSSR count). The number of methoxy groups -OCH3 is 1. The van der Waals surface area contributed by atoms with Crippen molar-refractivity contribution in [2.24, 2.45) is 44.8 Å². The molecule has 5 amide bonds.